The Morgan fingerprint density at radius 3 is 3.00 bits per heavy atom. The summed E-state index contributed by atoms with van der Waals surface area (Å²) >= 11 is 0. The van der Waals surface area contributed by atoms with Crippen molar-refractivity contribution in [1.82, 2.24) is 14.1 Å². The van der Waals surface area contributed by atoms with Crippen LogP contribution in [0.5, 0.6) is 5.75 Å². The van der Waals surface area contributed by atoms with Gasteiger partial charge in [-0.2, -0.15) is 9.40 Å². The Balaban J connectivity index is 1.58. The van der Waals surface area contributed by atoms with Gasteiger partial charge >= 0.3 is 0 Å². The van der Waals surface area contributed by atoms with Gasteiger partial charge in [-0.05, 0) is 25.1 Å². The summed E-state index contributed by atoms with van der Waals surface area (Å²) in [5, 5.41) is 6.86. The summed E-state index contributed by atoms with van der Waals surface area (Å²) in [5.41, 5.74) is 1.21. The first-order chi connectivity index (χ1) is 13.0. The van der Waals surface area contributed by atoms with Crippen LogP contribution in [0.15, 0.2) is 35.5 Å². The van der Waals surface area contributed by atoms with Crippen LogP contribution in [0.2, 0.25) is 0 Å². The van der Waals surface area contributed by atoms with E-state index in [0.29, 0.717) is 18.0 Å². The smallest absolute Gasteiger partial charge is 0.262 e. The molecule has 0 spiro atoms. The zero-order chi connectivity index (χ0) is 19.0. The molecule has 2 aliphatic rings. The number of ether oxygens (including phenoxy) is 2. The number of carbonyl (C=O) groups is 1. The Morgan fingerprint density at radius 1 is 1.37 bits per heavy atom. The number of aryl methyl sites for hydroxylation is 1. The van der Waals surface area contributed by atoms with E-state index in [0.717, 1.165) is 12.1 Å². The molecule has 10 heteroatoms. The van der Waals surface area contributed by atoms with E-state index in [2.05, 4.69) is 10.4 Å². The summed E-state index contributed by atoms with van der Waals surface area (Å²) in [4.78, 5) is 11.6. The standard InChI is InChI=1S/C17H20N4O5S/c1-2-20-9-12(8-18-20)16-10-21(5-6-25-16)27(23,24)13-3-4-15-14(7-13)19-17(22)11-26-15/h3-4,7-9,16H,2,5-6,10-11H2,1H3,(H,19,22)/t16-/m0/s1. The largest absolute Gasteiger partial charge is 0.482 e. The van der Waals surface area contributed by atoms with Crippen molar-refractivity contribution in [2.75, 3.05) is 31.6 Å². The number of aromatic nitrogens is 2. The quantitative estimate of drug-likeness (QED) is 0.833. The van der Waals surface area contributed by atoms with Gasteiger partial charge in [0.1, 0.15) is 5.75 Å². The summed E-state index contributed by atoms with van der Waals surface area (Å²) in [6.07, 6.45) is 3.21. The highest BCUT2D eigenvalue weighted by Crippen LogP contribution is 2.32. The van der Waals surface area contributed by atoms with E-state index in [1.807, 2.05) is 13.1 Å². The summed E-state index contributed by atoms with van der Waals surface area (Å²) < 4.78 is 40.4. The predicted octanol–water partition coefficient (Wildman–Crippen LogP) is 0.996. The molecule has 1 fully saturated rings. The number of morpholine rings is 1. The highest BCUT2D eigenvalue weighted by molar-refractivity contribution is 7.89. The van der Waals surface area contributed by atoms with Gasteiger partial charge in [-0.15, -0.1) is 0 Å². The second-order valence-corrected chi connectivity index (χ2v) is 8.28. The molecular formula is C17H20N4O5S. The maximum Gasteiger partial charge on any atom is 0.262 e. The van der Waals surface area contributed by atoms with Gasteiger partial charge in [0.15, 0.2) is 6.61 Å². The van der Waals surface area contributed by atoms with E-state index >= 15 is 0 Å². The van der Waals surface area contributed by atoms with E-state index in [1.54, 1.807) is 16.9 Å². The summed E-state index contributed by atoms with van der Waals surface area (Å²) in [6, 6.07) is 4.48. The molecule has 0 bridgehead atoms. The van der Waals surface area contributed by atoms with Crippen LogP contribution in [0.1, 0.15) is 18.6 Å². The Bertz CT molecular complexity index is 971. The summed E-state index contributed by atoms with van der Waals surface area (Å²) in [5.74, 6) is 0.150. The maximum absolute atomic E-state index is 13.1. The minimum absolute atomic E-state index is 0.0737. The van der Waals surface area contributed by atoms with E-state index in [4.69, 9.17) is 9.47 Å². The number of amides is 1. The number of fused-ring (bicyclic) bond motifs is 1. The van der Waals surface area contributed by atoms with Crippen molar-refractivity contribution in [3.8, 4) is 5.75 Å². The first-order valence-corrected chi connectivity index (χ1v) is 10.1. The van der Waals surface area contributed by atoms with Crippen LogP contribution < -0.4 is 10.1 Å². The van der Waals surface area contributed by atoms with Crippen LogP contribution >= 0.6 is 0 Å². The highest BCUT2D eigenvalue weighted by atomic mass is 32.2. The van der Waals surface area contributed by atoms with Crippen molar-refractivity contribution in [3.05, 3.63) is 36.2 Å². The van der Waals surface area contributed by atoms with Gasteiger partial charge in [-0.1, -0.05) is 0 Å². The Hall–Kier alpha value is -2.43. The van der Waals surface area contributed by atoms with Crippen molar-refractivity contribution in [1.29, 1.82) is 0 Å². The molecule has 1 N–H and O–H groups in total. The van der Waals surface area contributed by atoms with Gasteiger partial charge in [0, 0.05) is 31.4 Å². The van der Waals surface area contributed by atoms with E-state index in [1.165, 1.54) is 16.4 Å². The summed E-state index contributed by atoms with van der Waals surface area (Å²) in [6.45, 7) is 3.41. The third-order valence-electron chi connectivity index (χ3n) is 4.60. The van der Waals surface area contributed by atoms with E-state index < -0.39 is 10.0 Å². The number of nitrogens with zero attached hydrogens (tertiary/aromatic N) is 3. The Morgan fingerprint density at radius 2 is 2.22 bits per heavy atom. The molecule has 0 unspecified atom stereocenters. The van der Waals surface area contributed by atoms with Gasteiger partial charge in [0.05, 0.1) is 29.5 Å². The van der Waals surface area contributed by atoms with Crippen LogP contribution in [-0.4, -0.2) is 54.7 Å². The van der Waals surface area contributed by atoms with Gasteiger partial charge in [-0.3, -0.25) is 9.48 Å². The van der Waals surface area contributed by atoms with Gasteiger partial charge in [-0.25, -0.2) is 8.42 Å². The van der Waals surface area contributed by atoms with Crippen LogP contribution in [0.3, 0.4) is 0 Å². The lowest BCUT2D eigenvalue weighted by Crippen LogP contribution is -2.42. The molecule has 2 aliphatic heterocycles. The first kappa shape index (κ1) is 18.0. The highest BCUT2D eigenvalue weighted by Gasteiger charge is 2.33. The molecule has 27 heavy (non-hydrogen) atoms. The SMILES string of the molecule is CCn1cc([C@@H]2CN(S(=O)(=O)c3ccc4c(c3)NC(=O)CO4)CCO2)cn1. The lowest BCUT2D eigenvalue weighted by Gasteiger charge is -2.32. The van der Waals surface area contributed by atoms with Crippen LogP contribution in [-0.2, 0) is 26.1 Å². The molecule has 1 saturated heterocycles. The number of rotatable bonds is 4. The van der Waals surface area contributed by atoms with Crippen LogP contribution in [0.25, 0.3) is 0 Å². The fraction of sp³-hybridized carbons (Fsp3) is 0.412. The number of hydrogen-bond donors (Lipinski definition) is 1. The summed E-state index contributed by atoms with van der Waals surface area (Å²) in [7, 11) is -3.73. The molecule has 1 atom stereocenters. The molecule has 1 aromatic carbocycles. The van der Waals surface area contributed by atoms with Crippen molar-refractivity contribution in [2.24, 2.45) is 0 Å². The van der Waals surface area contributed by atoms with Gasteiger partial charge < -0.3 is 14.8 Å². The van der Waals surface area contributed by atoms with Crippen molar-refractivity contribution >= 4 is 21.6 Å². The zero-order valence-corrected chi connectivity index (χ0v) is 15.6. The molecule has 1 amide bonds. The van der Waals surface area contributed by atoms with Gasteiger partial charge in [0.25, 0.3) is 5.91 Å². The second kappa shape index (κ2) is 6.95. The van der Waals surface area contributed by atoms with Gasteiger partial charge in [0.2, 0.25) is 10.0 Å². The molecule has 4 rings (SSSR count). The third-order valence-corrected chi connectivity index (χ3v) is 6.46. The zero-order valence-electron chi connectivity index (χ0n) is 14.8. The molecule has 3 heterocycles. The molecule has 2 aromatic rings. The number of nitrogens with one attached hydrogen (secondary N) is 1. The second-order valence-electron chi connectivity index (χ2n) is 6.35. The number of benzene rings is 1. The van der Waals surface area contributed by atoms with Crippen molar-refractivity contribution in [3.63, 3.8) is 0 Å². The molecule has 0 saturated carbocycles. The lowest BCUT2D eigenvalue weighted by atomic mass is 10.2. The minimum Gasteiger partial charge on any atom is -0.482 e. The van der Waals surface area contributed by atoms with Crippen molar-refractivity contribution in [2.45, 2.75) is 24.5 Å². The Kier molecular flexibility index (Phi) is 4.62. The maximum atomic E-state index is 13.1. The topological polar surface area (TPSA) is 103 Å². The number of anilines is 1. The molecule has 9 nitrogen and oxygen atoms in total. The monoisotopic (exact) mass is 392 g/mol. The Labute approximate surface area is 156 Å². The normalized spacial score (nSPS) is 20.6. The first-order valence-electron chi connectivity index (χ1n) is 8.68. The molecule has 144 valence electrons. The fourth-order valence-corrected chi connectivity index (χ4v) is 4.59. The lowest BCUT2D eigenvalue weighted by molar-refractivity contribution is -0.118. The average molecular weight is 392 g/mol. The molecule has 1 aromatic heterocycles. The van der Waals surface area contributed by atoms with Crippen molar-refractivity contribution < 1.29 is 22.7 Å². The number of hydrogen-bond acceptors (Lipinski definition) is 6. The molecule has 0 aliphatic carbocycles. The van der Waals surface area contributed by atoms with E-state index in [-0.39, 0.29) is 36.6 Å². The minimum atomic E-state index is -3.73. The van der Waals surface area contributed by atoms with E-state index in [9.17, 15) is 13.2 Å². The predicted molar refractivity (Wildman–Crippen MR) is 95.9 cm³/mol. The molecular weight excluding hydrogens is 372 g/mol. The number of sulfonamides is 1. The fourth-order valence-electron chi connectivity index (χ4n) is 3.14. The number of carbonyl (C=O) groups excluding carboxylic acids is 1. The average Bonchev–Trinajstić information content (AvgIpc) is 3.17. The van der Waals surface area contributed by atoms with Crippen LogP contribution in [0, 0.1) is 0 Å². The third kappa shape index (κ3) is 3.43. The van der Waals surface area contributed by atoms with Crippen LogP contribution in [0.4, 0.5) is 5.69 Å². The molecule has 0 radical (unpaired) electrons.